The number of anilines is 1. The van der Waals surface area contributed by atoms with E-state index in [1.165, 1.54) is 49.9 Å². The molecule has 193 valence electrons. The van der Waals surface area contributed by atoms with Crippen LogP contribution in [0.5, 0.6) is 0 Å². The van der Waals surface area contributed by atoms with Crippen molar-refractivity contribution >= 4 is 35.7 Å². The summed E-state index contributed by atoms with van der Waals surface area (Å²) in [6.07, 6.45) is 11.9. The van der Waals surface area contributed by atoms with Crippen LogP contribution in [-0.2, 0) is 4.79 Å². The predicted octanol–water partition coefficient (Wildman–Crippen LogP) is 6.81. The molecule has 0 saturated heterocycles. The van der Waals surface area contributed by atoms with Crippen LogP contribution >= 0.6 is 11.3 Å². The van der Waals surface area contributed by atoms with Gasteiger partial charge in [-0.2, -0.15) is 0 Å². The lowest BCUT2D eigenvalue weighted by Crippen LogP contribution is -2.32. The first-order chi connectivity index (χ1) is 17.4. The maximum atomic E-state index is 12.0. The van der Waals surface area contributed by atoms with E-state index >= 15 is 0 Å². The van der Waals surface area contributed by atoms with Gasteiger partial charge in [-0.15, -0.1) is 11.3 Å². The number of carbonyl (C=O) groups excluding carboxylic acids is 2. The third-order valence-electron chi connectivity index (χ3n) is 6.00. The molecule has 0 aliphatic carbocycles. The standard InChI is InChI=1S/C18H18BN4O2S.C10H22/c1-12-4-3-5-13(8-12)15-11-26-18(21-15)22-16(24)9-20-17(25)14-6-7-23(10-14)19-2;1-4-6-7-8-9-10(3)5-2/h3-8,10-11H,9H2,1-2H3,(H,20,25)(H,21,22,24);10H,4-9H2,1-3H3. The van der Waals surface area contributed by atoms with Gasteiger partial charge in [-0.25, -0.2) is 4.98 Å². The smallest absolute Gasteiger partial charge is 0.253 e. The Morgan fingerprint density at radius 3 is 2.64 bits per heavy atom. The zero-order chi connectivity index (χ0) is 26.3. The number of aryl methyl sites for hydroxylation is 1. The number of amides is 2. The fourth-order valence-electron chi connectivity index (χ4n) is 3.53. The Bertz CT molecular complexity index is 1080. The van der Waals surface area contributed by atoms with Crippen molar-refractivity contribution in [3.8, 4) is 11.3 Å². The maximum absolute atomic E-state index is 12.0. The Morgan fingerprint density at radius 1 is 1.17 bits per heavy atom. The second-order valence-corrected chi connectivity index (χ2v) is 9.96. The van der Waals surface area contributed by atoms with Gasteiger partial charge in [0.1, 0.15) is 0 Å². The highest BCUT2D eigenvalue weighted by Gasteiger charge is 2.11. The van der Waals surface area contributed by atoms with Crippen LogP contribution in [0.1, 0.15) is 75.2 Å². The number of nitrogens with one attached hydrogen (secondary N) is 2. The van der Waals surface area contributed by atoms with E-state index < -0.39 is 0 Å². The van der Waals surface area contributed by atoms with Crippen molar-refractivity contribution in [3.63, 3.8) is 0 Å². The summed E-state index contributed by atoms with van der Waals surface area (Å²) in [7, 11) is 1.83. The van der Waals surface area contributed by atoms with E-state index in [-0.39, 0.29) is 18.4 Å². The molecule has 3 aromatic rings. The van der Waals surface area contributed by atoms with Crippen molar-refractivity contribution in [2.75, 3.05) is 11.9 Å². The summed E-state index contributed by atoms with van der Waals surface area (Å²) in [5, 5.41) is 7.72. The zero-order valence-electron chi connectivity index (χ0n) is 22.3. The topological polar surface area (TPSA) is 76.0 Å². The Kier molecular flexibility index (Phi) is 13.0. The minimum Gasteiger partial charge on any atom is -0.402 e. The molecule has 1 atom stereocenters. The molecule has 0 aliphatic heterocycles. The van der Waals surface area contributed by atoms with E-state index in [0.717, 1.165) is 22.7 Å². The van der Waals surface area contributed by atoms with Gasteiger partial charge in [-0.05, 0) is 31.2 Å². The summed E-state index contributed by atoms with van der Waals surface area (Å²) >= 11 is 1.35. The quantitative estimate of drug-likeness (QED) is 0.209. The largest absolute Gasteiger partial charge is 0.402 e. The lowest BCUT2D eigenvalue weighted by Gasteiger charge is -2.06. The molecule has 2 amide bonds. The van der Waals surface area contributed by atoms with Crippen molar-refractivity contribution in [3.05, 3.63) is 59.2 Å². The Morgan fingerprint density at radius 2 is 1.97 bits per heavy atom. The lowest BCUT2D eigenvalue weighted by molar-refractivity contribution is -0.115. The maximum Gasteiger partial charge on any atom is 0.253 e. The average molecular weight is 508 g/mol. The molecular formula is C28H40BN4O2S. The number of benzene rings is 1. The molecule has 1 aromatic carbocycles. The lowest BCUT2D eigenvalue weighted by atomic mass is 10.0. The number of carbonyl (C=O) groups is 2. The van der Waals surface area contributed by atoms with Crippen molar-refractivity contribution in [2.45, 2.75) is 73.0 Å². The van der Waals surface area contributed by atoms with Gasteiger partial charge in [0.05, 0.1) is 17.8 Å². The minimum absolute atomic E-state index is 0.112. The summed E-state index contributed by atoms with van der Waals surface area (Å²) in [5.41, 5.74) is 3.48. The number of aromatic nitrogens is 2. The van der Waals surface area contributed by atoms with Crippen LogP contribution in [0.25, 0.3) is 11.3 Å². The van der Waals surface area contributed by atoms with E-state index in [1.54, 1.807) is 22.9 Å². The van der Waals surface area contributed by atoms with Gasteiger partial charge in [0.15, 0.2) is 5.13 Å². The molecule has 6 nitrogen and oxygen atoms in total. The van der Waals surface area contributed by atoms with Crippen LogP contribution < -0.4 is 10.6 Å². The molecule has 1 unspecified atom stereocenters. The molecular weight excluding hydrogens is 467 g/mol. The van der Waals surface area contributed by atoms with Crippen molar-refractivity contribution in [1.29, 1.82) is 0 Å². The van der Waals surface area contributed by atoms with Crippen molar-refractivity contribution in [2.24, 2.45) is 5.92 Å². The molecule has 0 saturated carbocycles. The van der Waals surface area contributed by atoms with Gasteiger partial charge in [0.25, 0.3) is 5.91 Å². The number of rotatable bonds is 12. The van der Waals surface area contributed by atoms with E-state index in [1.807, 2.05) is 50.8 Å². The van der Waals surface area contributed by atoms with Crippen LogP contribution in [0.15, 0.2) is 48.1 Å². The molecule has 36 heavy (non-hydrogen) atoms. The number of hydrogen-bond acceptors (Lipinski definition) is 4. The Hall–Kier alpha value is -2.87. The number of hydrogen-bond donors (Lipinski definition) is 2. The fraction of sp³-hybridized carbons (Fsp3) is 0.464. The highest BCUT2D eigenvalue weighted by Crippen LogP contribution is 2.25. The molecule has 1 radical (unpaired) electrons. The van der Waals surface area contributed by atoms with Crippen LogP contribution in [0.4, 0.5) is 5.13 Å². The van der Waals surface area contributed by atoms with Crippen LogP contribution in [0, 0.1) is 12.8 Å². The third-order valence-corrected chi connectivity index (χ3v) is 6.75. The number of unbranched alkanes of at least 4 members (excludes halogenated alkanes) is 3. The normalized spacial score (nSPS) is 11.2. The summed E-state index contributed by atoms with van der Waals surface area (Å²) in [6.45, 7) is 10.7. The van der Waals surface area contributed by atoms with Gasteiger partial charge in [0.2, 0.25) is 13.3 Å². The highest BCUT2D eigenvalue weighted by atomic mass is 32.1. The number of thiazole rings is 1. The SMILES string of the molecule is CCCCCCC(C)CC.C[B]n1ccc(C(=O)NCC(=O)Nc2nc(-c3cccc(C)c3)cs2)c1. The van der Waals surface area contributed by atoms with Gasteiger partial charge in [-0.1, -0.05) is 89.9 Å². The van der Waals surface area contributed by atoms with E-state index in [0.29, 0.717) is 10.7 Å². The third kappa shape index (κ3) is 10.4. The van der Waals surface area contributed by atoms with Crippen LogP contribution in [-0.4, -0.2) is 35.2 Å². The summed E-state index contributed by atoms with van der Waals surface area (Å²) in [6, 6.07) is 9.71. The summed E-state index contributed by atoms with van der Waals surface area (Å²) in [5.74, 6) is 0.349. The molecule has 2 heterocycles. The van der Waals surface area contributed by atoms with Gasteiger partial charge in [0, 0.05) is 17.1 Å². The monoisotopic (exact) mass is 507 g/mol. The fourth-order valence-corrected chi connectivity index (χ4v) is 4.26. The molecule has 2 aromatic heterocycles. The van der Waals surface area contributed by atoms with Crippen LogP contribution in [0.3, 0.4) is 0 Å². The molecule has 0 bridgehead atoms. The van der Waals surface area contributed by atoms with Gasteiger partial charge < -0.3 is 15.1 Å². The molecule has 3 rings (SSSR count). The first kappa shape index (κ1) is 29.4. The van der Waals surface area contributed by atoms with E-state index in [2.05, 4.69) is 36.4 Å². The first-order valence-corrected chi connectivity index (χ1v) is 13.8. The molecule has 8 heteroatoms. The van der Waals surface area contributed by atoms with E-state index in [9.17, 15) is 9.59 Å². The number of nitrogens with zero attached hydrogens (tertiary/aromatic N) is 2. The van der Waals surface area contributed by atoms with Gasteiger partial charge >= 0.3 is 0 Å². The predicted molar refractivity (Wildman–Crippen MR) is 153 cm³/mol. The van der Waals surface area contributed by atoms with Crippen LogP contribution in [0.2, 0.25) is 6.82 Å². The Balaban J connectivity index is 0.000000388. The van der Waals surface area contributed by atoms with Crippen molar-refractivity contribution < 1.29 is 9.59 Å². The van der Waals surface area contributed by atoms with E-state index in [4.69, 9.17) is 0 Å². The summed E-state index contributed by atoms with van der Waals surface area (Å²) < 4.78 is 1.78. The molecule has 0 spiro atoms. The second kappa shape index (κ2) is 16.0. The van der Waals surface area contributed by atoms with Gasteiger partial charge in [-0.3, -0.25) is 9.59 Å². The minimum atomic E-state index is -0.315. The zero-order valence-corrected chi connectivity index (χ0v) is 23.2. The first-order valence-electron chi connectivity index (χ1n) is 12.9. The second-order valence-electron chi connectivity index (χ2n) is 9.11. The average Bonchev–Trinajstić information content (AvgIpc) is 3.55. The highest BCUT2D eigenvalue weighted by molar-refractivity contribution is 7.14. The molecule has 0 fully saturated rings. The molecule has 2 N–H and O–H groups in total. The van der Waals surface area contributed by atoms with Crippen molar-refractivity contribution in [1.82, 2.24) is 14.8 Å². The molecule has 0 aliphatic rings. The summed E-state index contributed by atoms with van der Waals surface area (Å²) in [4.78, 5) is 28.5. The Labute approximate surface area is 221 Å².